The first kappa shape index (κ1) is 15.3. The minimum Gasteiger partial charge on any atom is -0.495 e. The van der Waals surface area contributed by atoms with Crippen LogP contribution in [0.15, 0.2) is 18.2 Å². The van der Waals surface area contributed by atoms with Crippen molar-refractivity contribution >= 4 is 45.1 Å². The van der Waals surface area contributed by atoms with Gasteiger partial charge in [0.05, 0.1) is 29.5 Å². The van der Waals surface area contributed by atoms with E-state index in [0.717, 1.165) is 6.42 Å². The average molecular weight is 401 g/mol. The second kappa shape index (κ2) is 5.38. The van der Waals surface area contributed by atoms with Crippen LogP contribution in [0.5, 0.6) is 5.75 Å². The zero-order valence-corrected chi connectivity index (χ0v) is 14.6. The van der Waals surface area contributed by atoms with Crippen LogP contribution in [-0.4, -0.2) is 29.9 Å². The van der Waals surface area contributed by atoms with E-state index in [-0.39, 0.29) is 46.5 Å². The van der Waals surface area contributed by atoms with Crippen LogP contribution in [-0.2, 0) is 14.3 Å². The van der Waals surface area contributed by atoms with E-state index in [2.05, 4.69) is 21.2 Å². The second-order valence-electron chi connectivity index (χ2n) is 6.29. The number of amides is 1. The Bertz CT molecular complexity index is 697. The maximum Gasteiger partial charge on any atom is 0.310 e. The largest absolute Gasteiger partial charge is 0.495 e. The van der Waals surface area contributed by atoms with Crippen LogP contribution in [0, 0.1) is 23.7 Å². The fourth-order valence-electron chi connectivity index (χ4n) is 4.32. The molecule has 2 aliphatic carbocycles. The zero-order valence-electron chi connectivity index (χ0n) is 12.3. The Morgan fingerprint density at radius 1 is 1.43 bits per heavy atom. The summed E-state index contributed by atoms with van der Waals surface area (Å²) in [6.45, 7) is 0. The van der Waals surface area contributed by atoms with Crippen LogP contribution < -0.4 is 10.1 Å². The van der Waals surface area contributed by atoms with Gasteiger partial charge in [0.25, 0.3) is 0 Å². The second-order valence-corrected chi connectivity index (χ2v) is 7.79. The van der Waals surface area contributed by atoms with E-state index in [1.807, 2.05) is 0 Å². The molecule has 1 aliphatic heterocycles. The third kappa shape index (κ3) is 2.18. The van der Waals surface area contributed by atoms with E-state index in [9.17, 15) is 9.59 Å². The summed E-state index contributed by atoms with van der Waals surface area (Å²) >= 11 is 9.61. The summed E-state index contributed by atoms with van der Waals surface area (Å²) in [5, 5.41) is 3.38. The van der Waals surface area contributed by atoms with Crippen molar-refractivity contribution in [1.29, 1.82) is 0 Å². The molecule has 3 aliphatic rings. The molecule has 4 rings (SSSR count). The van der Waals surface area contributed by atoms with Crippen LogP contribution in [0.1, 0.15) is 6.42 Å². The molecule has 5 nitrogen and oxygen atoms in total. The van der Waals surface area contributed by atoms with Gasteiger partial charge in [-0.3, -0.25) is 9.59 Å². The molecule has 7 heteroatoms. The van der Waals surface area contributed by atoms with Crippen molar-refractivity contribution in [2.45, 2.75) is 17.4 Å². The minimum atomic E-state index is -0.376. The van der Waals surface area contributed by atoms with Crippen molar-refractivity contribution in [3.05, 3.63) is 23.2 Å². The van der Waals surface area contributed by atoms with Gasteiger partial charge in [0.15, 0.2) is 0 Å². The first-order valence-corrected chi connectivity index (χ1v) is 8.79. The highest BCUT2D eigenvalue weighted by Gasteiger charge is 2.67. The highest BCUT2D eigenvalue weighted by molar-refractivity contribution is 9.09. The topological polar surface area (TPSA) is 64.6 Å². The molecular formula is C16H15BrClNO4. The van der Waals surface area contributed by atoms with Crippen molar-refractivity contribution in [2.24, 2.45) is 23.7 Å². The van der Waals surface area contributed by atoms with Gasteiger partial charge >= 0.3 is 5.97 Å². The smallest absolute Gasteiger partial charge is 0.310 e. The lowest BCUT2D eigenvalue weighted by molar-refractivity contribution is -0.145. The third-order valence-corrected chi connectivity index (χ3v) is 6.68. The maximum atomic E-state index is 12.8. The molecule has 2 saturated carbocycles. The molecule has 1 amide bonds. The molecule has 1 aromatic rings. The van der Waals surface area contributed by atoms with Crippen LogP contribution in [0.3, 0.4) is 0 Å². The number of methoxy groups -OCH3 is 1. The van der Waals surface area contributed by atoms with E-state index < -0.39 is 0 Å². The number of benzene rings is 1. The van der Waals surface area contributed by atoms with Gasteiger partial charge in [-0.2, -0.15) is 0 Å². The Morgan fingerprint density at radius 3 is 2.96 bits per heavy atom. The first-order chi connectivity index (χ1) is 11.0. The van der Waals surface area contributed by atoms with Crippen molar-refractivity contribution < 1.29 is 19.1 Å². The number of nitrogens with one attached hydrogen (secondary N) is 1. The van der Waals surface area contributed by atoms with Crippen LogP contribution in [0.4, 0.5) is 5.69 Å². The lowest BCUT2D eigenvalue weighted by Gasteiger charge is -2.27. The summed E-state index contributed by atoms with van der Waals surface area (Å²) in [4.78, 5) is 25.0. The van der Waals surface area contributed by atoms with Gasteiger partial charge in [0.2, 0.25) is 5.91 Å². The lowest BCUT2D eigenvalue weighted by Crippen LogP contribution is -2.40. The molecule has 0 aromatic heterocycles. The van der Waals surface area contributed by atoms with Crippen molar-refractivity contribution in [3.8, 4) is 5.75 Å². The number of fused-ring (bicyclic) bond motifs is 1. The summed E-state index contributed by atoms with van der Waals surface area (Å²) < 4.78 is 10.7. The number of carbonyl (C=O) groups excluding carboxylic acids is 2. The van der Waals surface area contributed by atoms with E-state index in [4.69, 9.17) is 21.1 Å². The molecule has 0 radical (unpaired) electrons. The van der Waals surface area contributed by atoms with Crippen molar-refractivity contribution in [2.75, 3.05) is 12.4 Å². The highest BCUT2D eigenvalue weighted by atomic mass is 79.9. The molecule has 1 saturated heterocycles. The molecule has 1 heterocycles. The predicted molar refractivity (Wildman–Crippen MR) is 87.8 cm³/mol. The van der Waals surface area contributed by atoms with E-state index >= 15 is 0 Å². The molecule has 3 fully saturated rings. The Hall–Kier alpha value is -1.27. The number of ether oxygens (including phenoxy) is 2. The van der Waals surface area contributed by atoms with Crippen LogP contribution >= 0.6 is 27.5 Å². The van der Waals surface area contributed by atoms with Gasteiger partial charge in [-0.15, -0.1) is 0 Å². The molecule has 0 unspecified atom stereocenters. The number of halogens is 2. The fraction of sp³-hybridized carbons (Fsp3) is 0.500. The quantitative estimate of drug-likeness (QED) is 0.626. The molecule has 2 bridgehead atoms. The Morgan fingerprint density at radius 2 is 2.22 bits per heavy atom. The van der Waals surface area contributed by atoms with Gasteiger partial charge in [-0.05, 0) is 30.5 Å². The van der Waals surface area contributed by atoms with Crippen LogP contribution in [0.2, 0.25) is 5.02 Å². The van der Waals surface area contributed by atoms with Crippen LogP contribution in [0.25, 0.3) is 0 Å². The highest BCUT2D eigenvalue weighted by Crippen LogP contribution is 2.60. The maximum absolute atomic E-state index is 12.8. The summed E-state index contributed by atoms with van der Waals surface area (Å²) in [5.41, 5.74) is 0.516. The van der Waals surface area contributed by atoms with E-state index in [0.29, 0.717) is 16.5 Å². The monoisotopic (exact) mass is 399 g/mol. The van der Waals surface area contributed by atoms with Gasteiger partial charge in [-0.1, -0.05) is 27.5 Å². The average Bonchev–Trinajstić information content (AvgIpc) is 3.11. The third-order valence-electron chi connectivity index (χ3n) is 5.25. The molecule has 1 N–H and O–H groups in total. The number of esters is 1. The number of hydrogen-bond donors (Lipinski definition) is 1. The van der Waals surface area contributed by atoms with Gasteiger partial charge in [-0.25, -0.2) is 0 Å². The SMILES string of the molecule is COc1ccc(Cl)cc1NC(=O)[C@@H]1[C@H]2C[C@H]3[C@H](OC(=O)[C@@H]31)[C@@H]2Br. The molecule has 122 valence electrons. The molecule has 1 aromatic carbocycles. The Balaban J connectivity index is 1.61. The summed E-state index contributed by atoms with van der Waals surface area (Å²) in [7, 11) is 1.53. The fourth-order valence-corrected chi connectivity index (χ4v) is 5.54. The molecule has 23 heavy (non-hydrogen) atoms. The number of hydrogen-bond acceptors (Lipinski definition) is 4. The molecular weight excluding hydrogens is 386 g/mol. The number of carbonyl (C=O) groups is 2. The number of anilines is 1. The first-order valence-electron chi connectivity index (χ1n) is 7.50. The minimum absolute atomic E-state index is 0.0483. The molecule has 6 atom stereocenters. The van der Waals surface area contributed by atoms with Crippen molar-refractivity contribution in [1.82, 2.24) is 0 Å². The summed E-state index contributed by atoms with van der Waals surface area (Å²) in [6.07, 6.45) is 0.768. The van der Waals surface area contributed by atoms with E-state index in [1.165, 1.54) is 7.11 Å². The van der Waals surface area contributed by atoms with Gasteiger partial charge < -0.3 is 14.8 Å². The number of rotatable bonds is 3. The van der Waals surface area contributed by atoms with Gasteiger partial charge in [0.1, 0.15) is 11.9 Å². The summed E-state index contributed by atoms with van der Waals surface area (Å²) in [6, 6.07) is 5.04. The van der Waals surface area contributed by atoms with Gasteiger partial charge in [0, 0.05) is 10.9 Å². The Kier molecular flexibility index (Phi) is 3.57. The zero-order chi connectivity index (χ0) is 16.3. The molecule has 0 spiro atoms. The predicted octanol–water partition coefficient (Wildman–Crippen LogP) is 2.86. The normalized spacial score (nSPS) is 36.9. The van der Waals surface area contributed by atoms with Crippen molar-refractivity contribution in [3.63, 3.8) is 0 Å². The van der Waals surface area contributed by atoms with E-state index in [1.54, 1.807) is 18.2 Å². The summed E-state index contributed by atoms with van der Waals surface area (Å²) in [5.74, 6) is -0.329. The lowest BCUT2D eigenvalue weighted by atomic mass is 9.79. The Labute approximate surface area is 146 Å². The number of alkyl halides is 1. The standard InChI is InChI=1S/C16H15BrClNO4/c1-22-10-3-2-6(18)4-9(10)19-15(20)11-7-5-8-12(11)16(21)23-14(8)13(7)17/h2-4,7-8,11-14H,5H2,1H3,(H,19,20)/t7-,8-,11-,12+,13-,14+/m1/s1.